The number of fused-ring (bicyclic) bond motifs is 1. The molecule has 0 saturated heterocycles. The number of hydrogen-bond acceptors (Lipinski definition) is 5. The Kier molecular flexibility index (Phi) is 3.78. The molecule has 7 nitrogen and oxygen atoms in total. The van der Waals surface area contributed by atoms with Gasteiger partial charge in [-0.05, 0) is 35.0 Å². The van der Waals surface area contributed by atoms with E-state index < -0.39 is 0 Å². The molecular formula is C13H13BrN4O3. The molecule has 1 aromatic heterocycles. The number of anilines is 1. The first kappa shape index (κ1) is 13.9. The van der Waals surface area contributed by atoms with E-state index in [2.05, 4.69) is 31.4 Å². The van der Waals surface area contributed by atoms with Gasteiger partial charge in [-0.15, -0.1) is 10.2 Å². The Bertz CT molecular complexity index is 686. The van der Waals surface area contributed by atoms with Crippen LogP contribution in [-0.2, 0) is 6.54 Å². The van der Waals surface area contributed by atoms with E-state index in [9.17, 15) is 4.79 Å². The monoisotopic (exact) mass is 352 g/mol. The number of carbonyl (C=O) groups excluding carboxylic acids is 1. The zero-order valence-corrected chi connectivity index (χ0v) is 12.9. The third-order valence-electron chi connectivity index (χ3n) is 3.04. The van der Waals surface area contributed by atoms with Gasteiger partial charge in [0.05, 0.1) is 4.47 Å². The molecule has 2 aromatic rings. The average molecular weight is 353 g/mol. The van der Waals surface area contributed by atoms with Crippen molar-refractivity contribution < 1.29 is 14.3 Å². The summed E-state index contributed by atoms with van der Waals surface area (Å²) in [4.78, 5) is 12.3. The topological polar surface area (TPSA) is 78.3 Å². The molecule has 21 heavy (non-hydrogen) atoms. The fourth-order valence-electron chi connectivity index (χ4n) is 2.00. The first-order chi connectivity index (χ1) is 10.2. The summed E-state index contributed by atoms with van der Waals surface area (Å²) in [5, 5.41) is 10.4. The van der Waals surface area contributed by atoms with Gasteiger partial charge >= 0.3 is 0 Å². The molecule has 0 bridgehead atoms. The van der Waals surface area contributed by atoms with Crippen molar-refractivity contribution in [3.8, 4) is 11.5 Å². The highest BCUT2D eigenvalue weighted by atomic mass is 79.9. The number of nitrogens with zero attached hydrogens (tertiary/aromatic N) is 3. The zero-order chi connectivity index (χ0) is 14.8. The van der Waals surface area contributed by atoms with Crippen molar-refractivity contribution in [1.82, 2.24) is 14.8 Å². The number of carbonyl (C=O) groups is 1. The average Bonchev–Trinajstić information content (AvgIpc) is 2.94. The third-order valence-corrected chi connectivity index (χ3v) is 3.63. The van der Waals surface area contributed by atoms with Gasteiger partial charge in [0.25, 0.3) is 5.91 Å². The number of rotatable bonds is 3. The Morgan fingerprint density at radius 2 is 2.24 bits per heavy atom. The lowest BCUT2D eigenvalue weighted by molar-refractivity contribution is 0.102. The Morgan fingerprint density at radius 1 is 1.43 bits per heavy atom. The molecule has 3 rings (SSSR count). The highest BCUT2D eigenvalue weighted by Gasteiger charge is 2.19. The lowest BCUT2D eigenvalue weighted by Gasteiger charge is -2.20. The van der Waals surface area contributed by atoms with Crippen LogP contribution in [0.3, 0.4) is 0 Å². The Hall–Kier alpha value is -2.09. The Morgan fingerprint density at radius 3 is 3.05 bits per heavy atom. The summed E-state index contributed by atoms with van der Waals surface area (Å²) in [7, 11) is 0. The number of aromatic nitrogens is 3. The lowest BCUT2D eigenvalue weighted by atomic mass is 10.2. The molecule has 0 saturated carbocycles. The van der Waals surface area contributed by atoms with Crippen LogP contribution in [0, 0.1) is 0 Å². The summed E-state index contributed by atoms with van der Waals surface area (Å²) in [5.74, 6) is 1.30. The van der Waals surface area contributed by atoms with E-state index in [1.165, 1.54) is 0 Å². The highest BCUT2D eigenvalue weighted by molar-refractivity contribution is 9.10. The van der Waals surface area contributed by atoms with Gasteiger partial charge < -0.3 is 9.47 Å². The third kappa shape index (κ3) is 2.71. The minimum absolute atomic E-state index is 0.282. The molecule has 0 radical (unpaired) electrons. The van der Waals surface area contributed by atoms with Gasteiger partial charge in [-0.2, -0.15) is 0 Å². The quantitative estimate of drug-likeness (QED) is 0.914. The molecule has 0 aliphatic carbocycles. The molecule has 8 heteroatoms. The molecule has 1 aliphatic rings. The van der Waals surface area contributed by atoms with Crippen molar-refractivity contribution in [3.63, 3.8) is 0 Å². The van der Waals surface area contributed by atoms with Crippen LogP contribution < -0.4 is 14.8 Å². The van der Waals surface area contributed by atoms with Crippen LogP contribution >= 0.6 is 15.9 Å². The van der Waals surface area contributed by atoms with Gasteiger partial charge in [0, 0.05) is 12.1 Å². The van der Waals surface area contributed by atoms with E-state index in [0.29, 0.717) is 47.2 Å². The molecule has 0 spiro atoms. The normalized spacial score (nSPS) is 13.0. The van der Waals surface area contributed by atoms with Crippen molar-refractivity contribution in [3.05, 3.63) is 28.5 Å². The molecule has 1 aromatic carbocycles. The van der Waals surface area contributed by atoms with Gasteiger partial charge in [-0.3, -0.25) is 14.7 Å². The second-order valence-corrected chi connectivity index (χ2v) is 5.23. The van der Waals surface area contributed by atoms with Crippen molar-refractivity contribution in [1.29, 1.82) is 0 Å². The van der Waals surface area contributed by atoms with Crippen LogP contribution in [0.1, 0.15) is 17.3 Å². The van der Waals surface area contributed by atoms with Gasteiger partial charge in [0.2, 0.25) is 5.95 Å². The van der Waals surface area contributed by atoms with E-state index in [4.69, 9.17) is 9.47 Å². The molecule has 0 atom stereocenters. The maximum Gasteiger partial charge on any atom is 0.258 e. The molecule has 110 valence electrons. The lowest BCUT2D eigenvalue weighted by Crippen LogP contribution is -2.19. The number of hydrogen-bond donors (Lipinski definition) is 1. The fourth-order valence-corrected chi connectivity index (χ4v) is 2.56. The Balaban J connectivity index is 1.86. The van der Waals surface area contributed by atoms with Crippen LogP contribution in [-0.4, -0.2) is 33.9 Å². The summed E-state index contributed by atoms with van der Waals surface area (Å²) >= 11 is 3.39. The van der Waals surface area contributed by atoms with Crippen molar-refractivity contribution >= 4 is 27.8 Å². The van der Waals surface area contributed by atoms with E-state index in [1.807, 2.05) is 6.92 Å². The maximum atomic E-state index is 12.3. The highest BCUT2D eigenvalue weighted by Crippen LogP contribution is 2.38. The fraction of sp³-hybridized carbons (Fsp3) is 0.308. The number of ether oxygens (including phenoxy) is 2. The number of nitrogens with one attached hydrogen (secondary N) is 1. The Labute approximate surface area is 129 Å². The summed E-state index contributed by atoms with van der Waals surface area (Å²) in [5.41, 5.74) is 0.455. The SMILES string of the molecule is CCn1cnnc1NC(=O)c1cc(Br)c2c(c1)OCCO2. The van der Waals surface area contributed by atoms with Crippen molar-refractivity contribution in [2.45, 2.75) is 13.5 Å². The number of aryl methyl sites for hydroxylation is 1. The van der Waals surface area contributed by atoms with E-state index >= 15 is 0 Å². The molecule has 1 N–H and O–H groups in total. The second kappa shape index (κ2) is 5.72. The minimum atomic E-state index is -0.282. The summed E-state index contributed by atoms with van der Waals surface area (Å²) < 4.78 is 13.4. The molecule has 0 fully saturated rings. The van der Waals surface area contributed by atoms with E-state index in [1.54, 1.807) is 23.0 Å². The van der Waals surface area contributed by atoms with E-state index in [-0.39, 0.29) is 5.91 Å². The van der Waals surface area contributed by atoms with E-state index in [0.717, 1.165) is 0 Å². The first-order valence-electron chi connectivity index (χ1n) is 6.47. The first-order valence-corrected chi connectivity index (χ1v) is 7.26. The van der Waals surface area contributed by atoms with Gasteiger partial charge in [0.15, 0.2) is 11.5 Å². The van der Waals surface area contributed by atoms with Crippen LogP contribution in [0.5, 0.6) is 11.5 Å². The number of amides is 1. The zero-order valence-electron chi connectivity index (χ0n) is 11.3. The summed E-state index contributed by atoms with van der Waals surface area (Å²) in [6, 6.07) is 3.34. The summed E-state index contributed by atoms with van der Waals surface area (Å²) in [6.45, 7) is 3.58. The van der Waals surface area contributed by atoms with Gasteiger partial charge in [-0.1, -0.05) is 0 Å². The van der Waals surface area contributed by atoms with Gasteiger partial charge in [-0.25, -0.2) is 0 Å². The number of halogens is 1. The van der Waals surface area contributed by atoms with Crippen LogP contribution in [0.4, 0.5) is 5.95 Å². The standard InChI is InChI=1S/C13H13BrN4O3/c1-2-18-7-15-17-13(18)16-12(19)8-5-9(14)11-10(6-8)20-3-4-21-11/h5-7H,2-4H2,1H3,(H,16,17,19). The minimum Gasteiger partial charge on any atom is -0.486 e. The molecule has 2 heterocycles. The van der Waals surface area contributed by atoms with Crippen LogP contribution in [0.25, 0.3) is 0 Å². The van der Waals surface area contributed by atoms with Crippen molar-refractivity contribution in [2.24, 2.45) is 0 Å². The van der Waals surface area contributed by atoms with Crippen molar-refractivity contribution in [2.75, 3.05) is 18.5 Å². The molecule has 0 unspecified atom stereocenters. The smallest absolute Gasteiger partial charge is 0.258 e. The molecule has 1 amide bonds. The molecular weight excluding hydrogens is 340 g/mol. The largest absolute Gasteiger partial charge is 0.486 e. The number of benzene rings is 1. The predicted molar refractivity (Wildman–Crippen MR) is 78.8 cm³/mol. The second-order valence-electron chi connectivity index (χ2n) is 4.38. The predicted octanol–water partition coefficient (Wildman–Crippen LogP) is 2.08. The van der Waals surface area contributed by atoms with Crippen LogP contribution in [0.15, 0.2) is 22.9 Å². The maximum absolute atomic E-state index is 12.3. The molecule has 1 aliphatic heterocycles. The van der Waals surface area contributed by atoms with Crippen LogP contribution in [0.2, 0.25) is 0 Å². The van der Waals surface area contributed by atoms with Gasteiger partial charge in [0.1, 0.15) is 19.5 Å². The summed E-state index contributed by atoms with van der Waals surface area (Å²) in [6.07, 6.45) is 1.56.